The van der Waals surface area contributed by atoms with Crippen molar-refractivity contribution in [3.8, 4) is 11.8 Å². The molecule has 6 nitrogen and oxygen atoms in total. The second-order valence-corrected chi connectivity index (χ2v) is 7.93. The number of nitriles is 1. The minimum atomic E-state index is -1.23. The Morgan fingerprint density at radius 2 is 1.69 bits per heavy atom. The molecule has 0 spiro atoms. The van der Waals surface area contributed by atoms with Gasteiger partial charge in [-0.1, -0.05) is 32.8 Å². The highest BCUT2D eigenvalue weighted by atomic mass is 16.5. The van der Waals surface area contributed by atoms with Crippen LogP contribution in [-0.2, 0) is 15.0 Å². The van der Waals surface area contributed by atoms with Crippen molar-refractivity contribution in [2.45, 2.75) is 78.1 Å². The molecule has 0 heterocycles. The summed E-state index contributed by atoms with van der Waals surface area (Å²) in [5.74, 6) is -1.32. The van der Waals surface area contributed by atoms with Crippen LogP contribution in [0.3, 0.4) is 0 Å². The van der Waals surface area contributed by atoms with Crippen molar-refractivity contribution in [3.63, 3.8) is 0 Å². The molecule has 1 rings (SSSR count). The predicted octanol–water partition coefficient (Wildman–Crippen LogP) is 5.00. The fourth-order valence-electron chi connectivity index (χ4n) is 4.68. The van der Waals surface area contributed by atoms with Crippen molar-refractivity contribution >= 4 is 11.9 Å². The molecule has 1 unspecified atom stereocenters. The number of hydrogen-bond acceptors (Lipinski definition) is 4. The molecule has 0 bridgehead atoms. The molecule has 0 radical (unpaired) electrons. The van der Waals surface area contributed by atoms with E-state index in [9.17, 15) is 25.1 Å². The van der Waals surface area contributed by atoms with E-state index in [2.05, 4.69) is 6.07 Å². The van der Waals surface area contributed by atoms with E-state index >= 15 is 0 Å². The van der Waals surface area contributed by atoms with Gasteiger partial charge in [-0.25, -0.2) is 0 Å². The van der Waals surface area contributed by atoms with Gasteiger partial charge in [-0.05, 0) is 62.3 Å². The number of aliphatic carboxylic acids is 2. The predicted molar refractivity (Wildman–Crippen MR) is 111 cm³/mol. The number of nitrogens with zero attached hydrogens (tertiary/aromatic N) is 1. The van der Waals surface area contributed by atoms with E-state index in [-0.39, 0.29) is 19.3 Å². The molecule has 0 amide bonds. The zero-order valence-electron chi connectivity index (χ0n) is 18.2. The Morgan fingerprint density at radius 1 is 1.10 bits per heavy atom. The number of aryl methyl sites for hydroxylation is 1. The zero-order valence-corrected chi connectivity index (χ0v) is 18.2. The summed E-state index contributed by atoms with van der Waals surface area (Å²) in [5.41, 5.74) is -0.0311. The van der Waals surface area contributed by atoms with E-state index in [1.807, 2.05) is 39.8 Å². The fraction of sp³-hybridized carbons (Fsp3) is 0.609. The molecule has 0 fully saturated rings. The molecule has 1 atom stereocenters. The topological polar surface area (TPSA) is 108 Å². The highest BCUT2D eigenvalue weighted by Crippen LogP contribution is 2.48. The Balaban J connectivity index is 3.77. The lowest BCUT2D eigenvalue weighted by molar-refractivity contribution is -0.151. The summed E-state index contributed by atoms with van der Waals surface area (Å²) in [6, 6.07) is 6.02. The summed E-state index contributed by atoms with van der Waals surface area (Å²) in [7, 11) is 1.54. The molecule has 0 saturated carbocycles. The van der Waals surface area contributed by atoms with Gasteiger partial charge >= 0.3 is 11.9 Å². The van der Waals surface area contributed by atoms with Gasteiger partial charge in [0.05, 0.1) is 24.0 Å². The normalized spacial score (nSPS) is 13.4. The van der Waals surface area contributed by atoms with Gasteiger partial charge < -0.3 is 14.9 Å². The largest absolute Gasteiger partial charge is 0.496 e. The Kier molecular flexibility index (Phi) is 8.69. The van der Waals surface area contributed by atoms with Gasteiger partial charge in [-0.15, -0.1) is 0 Å². The summed E-state index contributed by atoms with van der Waals surface area (Å²) in [5, 5.41) is 29.8. The Bertz CT molecular complexity index is 774. The second-order valence-electron chi connectivity index (χ2n) is 7.93. The van der Waals surface area contributed by atoms with Crippen LogP contribution in [0.25, 0.3) is 0 Å². The number of benzene rings is 1. The summed E-state index contributed by atoms with van der Waals surface area (Å²) < 4.78 is 5.44. The highest BCUT2D eigenvalue weighted by molar-refractivity contribution is 5.75. The molecule has 0 saturated heterocycles. The molecule has 29 heavy (non-hydrogen) atoms. The molecule has 1 aromatic rings. The molecular formula is C23H33NO5. The Labute approximate surface area is 173 Å². The molecule has 0 aliphatic rings. The molecule has 0 aliphatic carbocycles. The monoisotopic (exact) mass is 403 g/mol. The molecule has 160 valence electrons. The van der Waals surface area contributed by atoms with E-state index in [0.29, 0.717) is 37.0 Å². The van der Waals surface area contributed by atoms with Crippen molar-refractivity contribution in [2.75, 3.05) is 7.11 Å². The number of ether oxygens (including phenoxy) is 1. The highest BCUT2D eigenvalue weighted by Gasteiger charge is 2.47. The Morgan fingerprint density at radius 3 is 2.10 bits per heavy atom. The maximum atomic E-state index is 12.4. The average Bonchev–Trinajstić information content (AvgIpc) is 2.66. The van der Waals surface area contributed by atoms with Crippen molar-refractivity contribution in [1.29, 1.82) is 5.26 Å². The lowest BCUT2D eigenvalue weighted by Gasteiger charge is -2.39. The van der Waals surface area contributed by atoms with Crippen LogP contribution in [0.4, 0.5) is 0 Å². The number of methoxy groups -OCH3 is 1. The van der Waals surface area contributed by atoms with Gasteiger partial charge in [0, 0.05) is 6.42 Å². The lowest BCUT2D eigenvalue weighted by Crippen LogP contribution is -2.41. The first-order chi connectivity index (χ1) is 13.6. The summed E-state index contributed by atoms with van der Waals surface area (Å²) in [6.07, 6.45) is 2.14. The van der Waals surface area contributed by atoms with Gasteiger partial charge in [-0.3, -0.25) is 9.59 Å². The summed E-state index contributed by atoms with van der Waals surface area (Å²) in [6.45, 7) is 7.58. The summed E-state index contributed by atoms with van der Waals surface area (Å²) >= 11 is 0. The van der Waals surface area contributed by atoms with Crippen LogP contribution < -0.4 is 4.74 Å². The number of carbonyl (C=O) groups is 2. The van der Waals surface area contributed by atoms with Crippen LogP contribution in [0, 0.1) is 30.6 Å². The first-order valence-electron chi connectivity index (χ1n) is 10.1. The lowest BCUT2D eigenvalue weighted by atomic mass is 9.62. The smallest absolute Gasteiger partial charge is 0.309 e. The van der Waals surface area contributed by atoms with Gasteiger partial charge in [-0.2, -0.15) is 5.26 Å². The average molecular weight is 404 g/mol. The molecule has 0 aromatic heterocycles. The Hall–Kier alpha value is -2.55. The number of carboxylic acid groups (broad SMARTS) is 2. The van der Waals surface area contributed by atoms with E-state index in [1.54, 1.807) is 7.11 Å². The van der Waals surface area contributed by atoms with Crippen LogP contribution in [0.2, 0.25) is 0 Å². The van der Waals surface area contributed by atoms with E-state index in [0.717, 1.165) is 11.1 Å². The standard InChI is InChI=1S/C23H33NO5/c1-6-11-22(12-7-2,21(27)28)14-23(15-24,13-10-19(25)26)20-16(3)8-9-18(29-5)17(20)4/h8-9H,6-7,10-14H2,1-5H3,(H,25,26)(H,27,28). The second kappa shape index (κ2) is 10.3. The van der Waals surface area contributed by atoms with Crippen LogP contribution in [0.5, 0.6) is 5.75 Å². The van der Waals surface area contributed by atoms with E-state index in [1.165, 1.54) is 0 Å². The van der Waals surface area contributed by atoms with Gasteiger partial charge in [0.15, 0.2) is 0 Å². The minimum Gasteiger partial charge on any atom is -0.496 e. The molecule has 6 heteroatoms. The third-order valence-electron chi connectivity index (χ3n) is 5.85. The van der Waals surface area contributed by atoms with Crippen molar-refractivity contribution in [1.82, 2.24) is 0 Å². The molecule has 0 aliphatic heterocycles. The van der Waals surface area contributed by atoms with Crippen molar-refractivity contribution < 1.29 is 24.5 Å². The van der Waals surface area contributed by atoms with E-state index < -0.39 is 22.8 Å². The van der Waals surface area contributed by atoms with E-state index in [4.69, 9.17) is 4.74 Å². The van der Waals surface area contributed by atoms with Gasteiger partial charge in [0.25, 0.3) is 0 Å². The number of rotatable bonds is 12. The quantitative estimate of drug-likeness (QED) is 0.508. The van der Waals surface area contributed by atoms with Gasteiger partial charge in [0.1, 0.15) is 5.75 Å². The number of carboxylic acids is 2. The minimum absolute atomic E-state index is 0.0517. The van der Waals surface area contributed by atoms with Crippen LogP contribution in [0.15, 0.2) is 12.1 Å². The molecular weight excluding hydrogens is 370 g/mol. The van der Waals surface area contributed by atoms with Gasteiger partial charge in [0.2, 0.25) is 0 Å². The third kappa shape index (κ3) is 5.29. The van der Waals surface area contributed by atoms with Crippen LogP contribution in [-0.4, -0.2) is 29.3 Å². The zero-order chi connectivity index (χ0) is 22.2. The maximum absolute atomic E-state index is 12.4. The fourth-order valence-corrected chi connectivity index (χ4v) is 4.68. The summed E-state index contributed by atoms with van der Waals surface area (Å²) in [4.78, 5) is 23.8. The van der Waals surface area contributed by atoms with Crippen LogP contribution in [0.1, 0.15) is 75.5 Å². The third-order valence-corrected chi connectivity index (χ3v) is 5.85. The first kappa shape index (κ1) is 24.5. The maximum Gasteiger partial charge on any atom is 0.309 e. The first-order valence-corrected chi connectivity index (χ1v) is 10.1. The van der Waals surface area contributed by atoms with Crippen molar-refractivity contribution in [3.05, 3.63) is 28.8 Å². The van der Waals surface area contributed by atoms with Crippen LogP contribution >= 0.6 is 0 Å². The molecule has 2 N–H and O–H groups in total. The van der Waals surface area contributed by atoms with Crippen molar-refractivity contribution in [2.24, 2.45) is 5.41 Å². The number of hydrogen-bond donors (Lipinski definition) is 2. The molecule has 1 aromatic carbocycles. The SMILES string of the molecule is CCCC(CCC)(CC(C#N)(CCC(=O)O)c1c(C)ccc(OC)c1C)C(=O)O.